The van der Waals surface area contributed by atoms with Crippen LogP contribution in [0.3, 0.4) is 0 Å². The first kappa shape index (κ1) is 16.8. The number of aromatic nitrogens is 1. The van der Waals surface area contributed by atoms with E-state index >= 15 is 0 Å². The monoisotopic (exact) mass is 330 g/mol. The number of fused-ring (bicyclic) bond motifs is 1. The average Bonchev–Trinajstić information content (AvgIpc) is 2.98. The number of urea groups is 1. The van der Waals surface area contributed by atoms with E-state index in [1.54, 1.807) is 0 Å². The fourth-order valence-electron chi connectivity index (χ4n) is 3.23. The van der Waals surface area contributed by atoms with Crippen LogP contribution in [0.2, 0.25) is 0 Å². The lowest BCUT2D eigenvalue weighted by atomic mass is 10.2. The molecular weight excluding hydrogens is 304 g/mol. The highest BCUT2D eigenvalue weighted by molar-refractivity contribution is 5.93. The second-order valence-corrected chi connectivity index (χ2v) is 6.27. The zero-order valence-corrected chi connectivity index (χ0v) is 14.2. The van der Waals surface area contributed by atoms with Gasteiger partial charge in [0.05, 0.1) is 6.61 Å². The largest absolute Gasteiger partial charge is 0.395 e. The molecule has 1 fully saturated rings. The standard InChI is InChI=1S/C18H26N4O2/c1-2-6-21-7-5-15-14-16(3-4-17(15)21)19-18(24)22-10-8-20(9-11-22)12-13-23/h3-5,7,14,23H,2,6,8-13H2,1H3,(H,19,24). The van der Waals surface area contributed by atoms with E-state index in [-0.39, 0.29) is 12.6 Å². The van der Waals surface area contributed by atoms with Gasteiger partial charge >= 0.3 is 6.03 Å². The maximum atomic E-state index is 12.4. The van der Waals surface area contributed by atoms with Crippen LogP contribution in [-0.2, 0) is 6.54 Å². The molecule has 1 aliphatic heterocycles. The Morgan fingerprint density at radius 1 is 1.17 bits per heavy atom. The first-order valence-corrected chi connectivity index (χ1v) is 8.69. The van der Waals surface area contributed by atoms with Crippen molar-refractivity contribution >= 4 is 22.6 Å². The summed E-state index contributed by atoms with van der Waals surface area (Å²) in [7, 11) is 0. The third-order valence-corrected chi connectivity index (χ3v) is 4.56. The molecule has 6 nitrogen and oxygen atoms in total. The Labute approximate surface area is 142 Å². The van der Waals surface area contributed by atoms with Crippen molar-refractivity contribution in [2.75, 3.05) is 44.6 Å². The molecule has 0 atom stereocenters. The number of piperazine rings is 1. The Balaban J connectivity index is 1.61. The summed E-state index contributed by atoms with van der Waals surface area (Å²) in [5.74, 6) is 0. The van der Waals surface area contributed by atoms with Gasteiger partial charge in [0, 0.05) is 62.1 Å². The van der Waals surface area contributed by atoms with Crippen molar-refractivity contribution < 1.29 is 9.90 Å². The molecule has 1 aromatic carbocycles. The number of nitrogens with one attached hydrogen (secondary N) is 1. The lowest BCUT2D eigenvalue weighted by Crippen LogP contribution is -2.50. The van der Waals surface area contributed by atoms with E-state index in [4.69, 9.17) is 5.11 Å². The number of rotatable bonds is 5. The molecule has 1 aliphatic rings. The minimum absolute atomic E-state index is 0.0500. The van der Waals surface area contributed by atoms with Crippen molar-refractivity contribution in [3.05, 3.63) is 30.5 Å². The molecule has 2 aromatic rings. The lowest BCUT2D eigenvalue weighted by molar-refractivity contribution is 0.127. The lowest BCUT2D eigenvalue weighted by Gasteiger charge is -2.34. The number of carbonyl (C=O) groups excluding carboxylic acids is 1. The smallest absolute Gasteiger partial charge is 0.321 e. The third kappa shape index (κ3) is 3.71. The van der Waals surface area contributed by atoms with Crippen molar-refractivity contribution in [3.63, 3.8) is 0 Å². The van der Waals surface area contributed by atoms with Crippen molar-refractivity contribution in [1.82, 2.24) is 14.4 Å². The fraction of sp³-hybridized carbons (Fsp3) is 0.500. The van der Waals surface area contributed by atoms with E-state index in [9.17, 15) is 4.79 Å². The molecule has 0 aliphatic carbocycles. The number of benzene rings is 1. The van der Waals surface area contributed by atoms with Crippen LogP contribution in [-0.4, -0.2) is 64.8 Å². The van der Waals surface area contributed by atoms with Gasteiger partial charge in [-0.15, -0.1) is 0 Å². The van der Waals surface area contributed by atoms with Crippen LogP contribution in [0, 0.1) is 0 Å². The number of β-amino-alcohol motifs (C(OH)–C–C–N with tert-alkyl or cyclic N) is 1. The predicted octanol–water partition coefficient (Wildman–Crippen LogP) is 2.19. The Morgan fingerprint density at radius 2 is 1.96 bits per heavy atom. The molecule has 0 spiro atoms. The van der Waals surface area contributed by atoms with Crippen LogP contribution in [0.1, 0.15) is 13.3 Å². The Kier molecular flexibility index (Phi) is 5.37. The van der Waals surface area contributed by atoms with Gasteiger partial charge in [0.25, 0.3) is 0 Å². The summed E-state index contributed by atoms with van der Waals surface area (Å²) in [6.07, 6.45) is 3.20. The number of amides is 2. The van der Waals surface area contributed by atoms with E-state index < -0.39 is 0 Å². The summed E-state index contributed by atoms with van der Waals surface area (Å²) in [6.45, 7) is 7.04. The van der Waals surface area contributed by atoms with Gasteiger partial charge in [-0.1, -0.05) is 6.92 Å². The molecular formula is C18H26N4O2. The minimum Gasteiger partial charge on any atom is -0.395 e. The summed E-state index contributed by atoms with van der Waals surface area (Å²) in [5.41, 5.74) is 2.03. The number of aryl methyl sites for hydroxylation is 1. The van der Waals surface area contributed by atoms with Crippen LogP contribution in [0.5, 0.6) is 0 Å². The Bertz CT molecular complexity index is 689. The zero-order chi connectivity index (χ0) is 16.9. The molecule has 6 heteroatoms. The second kappa shape index (κ2) is 7.68. The fourth-order valence-corrected chi connectivity index (χ4v) is 3.23. The zero-order valence-electron chi connectivity index (χ0n) is 14.2. The van der Waals surface area contributed by atoms with Gasteiger partial charge in [0.2, 0.25) is 0 Å². The van der Waals surface area contributed by atoms with Gasteiger partial charge in [0.1, 0.15) is 0 Å². The summed E-state index contributed by atoms with van der Waals surface area (Å²) in [4.78, 5) is 16.4. The van der Waals surface area contributed by atoms with Gasteiger partial charge in [-0.05, 0) is 30.7 Å². The van der Waals surface area contributed by atoms with Crippen LogP contribution in [0.15, 0.2) is 30.5 Å². The first-order chi connectivity index (χ1) is 11.7. The van der Waals surface area contributed by atoms with Crippen LogP contribution < -0.4 is 5.32 Å². The average molecular weight is 330 g/mol. The van der Waals surface area contributed by atoms with Crippen molar-refractivity contribution in [3.8, 4) is 0 Å². The topological polar surface area (TPSA) is 60.7 Å². The normalized spacial score (nSPS) is 15.8. The molecule has 130 valence electrons. The second-order valence-electron chi connectivity index (χ2n) is 6.27. The maximum Gasteiger partial charge on any atom is 0.321 e. The maximum absolute atomic E-state index is 12.4. The van der Waals surface area contributed by atoms with Gasteiger partial charge in [0.15, 0.2) is 0 Å². The van der Waals surface area contributed by atoms with Gasteiger partial charge in [-0.25, -0.2) is 4.79 Å². The van der Waals surface area contributed by atoms with Crippen LogP contribution in [0.4, 0.5) is 10.5 Å². The van der Waals surface area contributed by atoms with Gasteiger partial charge in [-0.3, -0.25) is 4.90 Å². The van der Waals surface area contributed by atoms with Crippen LogP contribution in [0.25, 0.3) is 10.9 Å². The summed E-state index contributed by atoms with van der Waals surface area (Å²) >= 11 is 0. The molecule has 0 unspecified atom stereocenters. The molecule has 1 aromatic heterocycles. The first-order valence-electron chi connectivity index (χ1n) is 8.69. The van der Waals surface area contributed by atoms with E-state index in [2.05, 4.69) is 40.0 Å². The minimum atomic E-state index is -0.0500. The van der Waals surface area contributed by atoms with Crippen molar-refractivity contribution in [2.45, 2.75) is 19.9 Å². The van der Waals surface area contributed by atoms with Crippen LogP contribution >= 0.6 is 0 Å². The highest BCUT2D eigenvalue weighted by Crippen LogP contribution is 2.21. The van der Waals surface area contributed by atoms with Crippen molar-refractivity contribution in [1.29, 1.82) is 0 Å². The summed E-state index contributed by atoms with van der Waals surface area (Å²) in [5, 5.41) is 13.1. The van der Waals surface area contributed by atoms with E-state index in [1.807, 2.05) is 17.0 Å². The summed E-state index contributed by atoms with van der Waals surface area (Å²) in [6, 6.07) is 8.11. The molecule has 2 N–H and O–H groups in total. The van der Waals surface area contributed by atoms with E-state index in [0.29, 0.717) is 19.6 Å². The molecule has 2 heterocycles. The number of hydrogen-bond acceptors (Lipinski definition) is 3. The number of aliphatic hydroxyl groups is 1. The van der Waals surface area contributed by atoms with Gasteiger partial charge in [-0.2, -0.15) is 0 Å². The number of hydrogen-bond donors (Lipinski definition) is 2. The predicted molar refractivity (Wildman–Crippen MR) is 96.3 cm³/mol. The molecule has 3 rings (SSSR count). The summed E-state index contributed by atoms with van der Waals surface area (Å²) < 4.78 is 2.24. The third-order valence-electron chi connectivity index (χ3n) is 4.56. The molecule has 1 saturated heterocycles. The highest BCUT2D eigenvalue weighted by atomic mass is 16.3. The SMILES string of the molecule is CCCn1ccc2cc(NC(=O)N3CCN(CCO)CC3)ccc21. The molecule has 24 heavy (non-hydrogen) atoms. The molecule has 0 bridgehead atoms. The Hall–Kier alpha value is -2.05. The Morgan fingerprint density at radius 3 is 2.67 bits per heavy atom. The molecule has 2 amide bonds. The quantitative estimate of drug-likeness (QED) is 0.883. The van der Waals surface area contributed by atoms with E-state index in [0.717, 1.165) is 37.1 Å². The van der Waals surface area contributed by atoms with E-state index in [1.165, 1.54) is 5.52 Å². The number of carbonyl (C=O) groups is 1. The number of aliphatic hydroxyl groups excluding tert-OH is 1. The molecule has 0 saturated carbocycles. The molecule has 0 radical (unpaired) electrons. The van der Waals surface area contributed by atoms with Gasteiger partial charge < -0.3 is 19.9 Å². The highest BCUT2D eigenvalue weighted by Gasteiger charge is 2.20. The number of nitrogens with zero attached hydrogens (tertiary/aromatic N) is 3. The number of anilines is 1. The van der Waals surface area contributed by atoms with Crippen molar-refractivity contribution in [2.24, 2.45) is 0 Å².